The van der Waals surface area contributed by atoms with Crippen molar-refractivity contribution in [1.82, 2.24) is 20.8 Å². The molecule has 0 aliphatic rings. The highest BCUT2D eigenvalue weighted by Gasteiger charge is 2.24. The predicted octanol–water partition coefficient (Wildman–Crippen LogP) is -1.67. The molecule has 1 aromatic rings. The molecule has 0 saturated heterocycles. The molecule has 1 rings (SSSR count). The third kappa shape index (κ3) is 5.44. The highest BCUT2D eigenvalue weighted by atomic mass is 16.4. The number of hydrogen-bond acceptors (Lipinski definition) is 7. The first-order valence-corrected chi connectivity index (χ1v) is 5.78. The molecular formula is C10H14N4O7. The lowest BCUT2D eigenvalue weighted by Crippen LogP contribution is -2.51. The molecule has 2 atom stereocenters. The monoisotopic (exact) mass is 302 g/mol. The van der Waals surface area contributed by atoms with E-state index < -0.39 is 36.5 Å². The van der Waals surface area contributed by atoms with Crippen LogP contribution in [0.2, 0.25) is 0 Å². The summed E-state index contributed by atoms with van der Waals surface area (Å²) in [5, 5.41) is 37.7. The number of rotatable bonds is 7. The molecule has 0 aliphatic heterocycles. The second kappa shape index (κ2) is 7.19. The number of aliphatic hydroxyl groups is 1. The number of carbonyl (C=O) groups is 3. The summed E-state index contributed by atoms with van der Waals surface area (Å²) in [4.78, 5) is 32.6. The van der Waals surface area contributed by atoms with Crippen LogP contribution in [0.25, 0.3) is 0 Å². The van der Waals surface area contributed by atoms with Crippen molar-refractivity contribution in [1.29, 1.82) is 0 Å². The molecule has 11 nitrogen and oxygen atoms in total. The molecule has 5 N–H and O–H groups in total. The van der Waals surface area contributed by atoms with E-state index in [1.807, 2.05) is 5.32 Å². The average molecular weight is 302 g/mol. The summed E-state index contributed by atoms with van der Waals surface area (Å²) in [5.41, 5.74) is 0. The molecule has 0 bridgehead atoms. The summed E-state index contributed by atoms with van der Waals surface area (Å²) in [6.07, 6.45) is -1.72. The van der Waals surface area contributed by atoms with Crippen LogP contribution in [0.5, 0.6) is 0 Å². The van der Waals surface area contributed by atoms with Gasteiger partial charge in [-0.1, -0.05) is 0 Å². The maximum absolute atomic E-state index is 11.4. The smallest absolute Gasteiger partial charge is 0.328 e. The fraction of sp³-hybridized carbons (Fsp3) is 0.500. The minimum atomic E-state index is -1.46. The van der Waals surface area contributed by atoms with Gasteiger partial charge in [-0.2, -0.15) is 0 Å². The summed E-state index contributed by atoms with van der Waals surface area (Å²) in [6, 6.07) is -2.32. The number of urea groups is 1. The Morgan fingerprint density at radius 2 is 1.86 bits per heavy atom. The molecule has 11 heteroatoms. The number of aliphatic carboxylic acids is 2. The summed E-state index contributed by atoms with van der Waals surface area (Å²) >= 11 is 0. The third-order valence-electron chi connectivity index (χ3n) is 2.25. The van der Waals surface area contributed by atoms with Crippen molar-refractivity contribution in [3.05, 3.63) is 11.8 Å². The molecule has 1 unspecified atom stereocenters. The molecular weight excluding hydrogens is 288 g/mol. The van der Waals surface area contributed by atoms with Crippen LogP contribution < -0.4 is 10.6 Å². The number of carboxylic acid groups (broad SMARTS) is 2. The maximum atomic E-state index is 11.4. The minimum absolute atomic E-state index is 0.0367. The first-order valence-electron chi connectivity index (χ1n) is 5.78. The molecule has 0 radical (unpaired) electrons. The van der Waals surface area contributed by atoms with Crippen molar-refractivity contribution in [3.63, 3.8) is 0 Å². The number of nitrogens with one attached hydrogen (secondary N) is 2. The van der Waals surface area contributed by atoms with Crippen LogP contribution in [0.15, 0.2) is 4.42 Å². The first-order chi connectivity index (χ1) is 9.79. The summed E-state index contributed by atoms with van der Waals surface area (Å²) < 4.78 is 4.93. The van der Waals surface area contributed by atoms with Gasteiger partial charge in [0, 0.05) is 0 Å². The van der Waals surface area contributed by atoms with E-state index in [0.29, 0.717) is 0 Å². The largest absolute Gasteiger partial charge is 0.481 e. The molecule has 0 fully saturated rings. The quantitative estimate of drug-likeness (QED) is 0.394. The van der Waals surface area contributed by atoms with Crippen LogP contribution in [0.3, 0.4) is 0 Å². The van der Waals surface area contributed by atoms with E-state index in [1.165, 1.54) is 6.92 Å². The van der Waals surface area contributed by atoms with Crippen molar-refractivity contribution in [2.75, 3.05) is 0 Å². The van der Waals surface area contributed by atoms with Gasteiger partial charge in [0.2, 0.25) is 11.8 Å². The van der Waals surface area contributed by atoms with Gasteiger partial charge in [-0.15, -0.1) is 10.2 Å². The number of aliphatic hydroxyl groups excluding tert-OH is 1. The third-order valence-corrected chi connectivity index (χ3v) is 2.25. The lowest BCUT2D eigenvalue weighted by Gasteiger charge is -2.16. The summed E-state index contributed by atoms with van der Waals surface area (Å²) in [7, 11) is 0. The zero-order valence-corrected chi connectivity index (χ0v) is 10.9. The highest BCUT2D eigenvalue weighted by Crippen LogP contribution is 2.00. The Labute approximate surface area is 118 Å². The van der Waals surface area contributed by atoms with Gasteiger partial charge >= 0.3 is 18.0 Å². The van der Waals surface area contributed by atoms with E-state index in [0.717, 1.165) is 0 Å². The van der Waals surface area contributed by atoms with Crippen molar-refractivity contribution >= 4 is 18.0 Å². The molecule has 1 heterocycles. The fourth-order valence-electron chi connectivity index (χ4n) is 1.30. The SMILES string of the molecule is CC(O)[C@H](NC(=O)NCc1nnc(CC(=O)O)o1)C(=O)O. The second-order valence-corrected chi connectivity index (χ2v) is 4.04. The lowest BCUT2D eigenvalue weighted by atomic mass is 10.2. The number of amides is 2. The van der Waals surface area contributed by atoms with E-state index in [4.69, 9.17) is 14.6 Å². The van der Waals surface area contributed by atoms with Crippen molar-refractivity contribution in [3.8, 4) is 0 Å². The molecule has 21 heavy (non-hydrogen) atoms. The molecule has 0 aromatic carbocycles. The number of carboxylic acids is 2. The zero-order chi connectivity index (χ0) is 16.0. The van der Waals surface area contributed by atoms with Gasteiger partial charge in [0.05, 0.1) is 12.6 Å². The van der Waals surface area contributed by atoms with Crippen molar-refractivity contribution in [2.45, 2.75) is 32.0 Å². The molecule has 0 saturated carbocycles. The average Bonchev–Trinajstić information content (AvgIpc) is 2.79. The van der Waals surface area contributed by atoms with Gasteiger partial charge in [-0.25, -0.2) is 9.59 Å². The van der Waals surface area contributed by atoms with Crippen LogP contribution in [-0.4, -0.2) is 55.6 Å². The molecule has 0 aliphatic carbocycles. The van der Waals surface area contributed by atoms with Crippen LogP contribution in [-0.2, 0) is 22.6 Å². The van der Waals surface area contributed by atoms with Crippen LogP contribution in [0.1, 0.15) is 18.7 Å². The zero-order valence-electron chi connectivity index (χ0n) is 10.9. The molecule has 2 amide bonds. The van der Waals surface area contributed by atoms with E-state index in [2.05, 4.69) is 15.5 Å². The van der Waals surface area contributed by atoms with Gasteiger partial charge in [0.15, 0.2) is 6.04 Å². The van der Waals surface area contributed by atoms with Crippen molar-refractivity contribution < 1.29 is 34.1 Å². The fourth-order valence-corrected chi connectivity index (χ4v) is 1.30. The Bertz CT molecular complexity index is 527. The van der Waals surface area contributed by atoms with Crippen molar-refractivity contribution in [2.24, 2.45) is 0 Å². The number of hydrogen-bond donors (Lipinski definition) is 5. The minimum Gasteiger partial charge on any atom is -0.481 e. The van der Waals surface area contributed by atoms with Gasteiger partial charge < -0.3 is 30.4 Å². The van der Waals surface area contributed by atoms with E-state index in [9.17, 15) is 19.5 Å². The number of nitrogens with zero attached hydrogens (tertiary/aromatic N) is 2. The Morgan fingerprint density at radius 1 is 1.24 bits per heavy atom. The second-order valence-electron chi connectivity index (χ2n) is 4.04. The number of carbonyl (C=O) groups excluding carboxylic acids is 1. The normalized spacial score (nSPS) is 13.2. The van der Waals surface area contributed by atoms with Crippen LogP contribution in [0.4, 0.5) is 4.79 Å². The van der Waals surface area contributed by atoms with E-state index in [1.54, 1.807) is 0 Å². The predicted molar refractivity (Wildman–Crippen MR) is 64.1 cm³/mol. The van der Waals surface area contributed by atoms with Gasteiger partial charge in [0.1, 0.15) is 6.42 Å². The first kappa shape index (κ1) is 16.4. The van der Waals surface area contributed by atoms with E-state index in [-0.39, 0.29) is 18.3 Å². The standard InChI is InChI=1S/C10H14N4O7/c1-4(15)8(9(18)19)12-10(20)11-3-6-14-13-5(21-6)2-7(16)17/h4,8,15H,2-3H2,1H3,(H,16,17)(H,18,19)(H2,11,12,20)/t4?,8-/m0/s1. The molecule has 0 spiro atoms. The Kier molecular flexibility index (Phi) is 5.60. The molecule has 116 valence electrons. The summed E-state index contributed by atoms with van der Waals surface area (Å²) in [5.74, 6) is -2.68. The van der Waals surface area contributed by atoms with Gasteiger partial charge in [0.25, 0.3) is 0 Å². The van der Waals surface area contributed by atoms with Crippen LogP contribution in [0, 0.1) is 0 Å². The number of aromatic nitrogens is 2. The Morgan fingerprint density at radius 3 is 2.38 bits per heavy atom. The Balaban J connectivity index is 2.47. The highest BCUT2D eigenvalue weighted by molar-refractivity contribution is 5.82. The maximum Gasteiger partial charge on any atom is 0.328 e. The topological polar surface area (TPSA) is 175 Å². The van der Waals surface area contributed by atoms with E-state index >= 15 is 0 Å². The molecule has 1 aromatic heterocycles. The van der Waals surface area contributed by atoms with Crippen LogP contribution >= 0.6 is 0 Å². The summed E-state index contributed by atoms with van der Waals surface area (Å²) in [6.45, 7) is 1.000. The Hall–Kier alpha value is -2.69. The van der Waals surface area contributed by atoms with Gasteiger partial charge in [-0.05, 0) is 6.92 Å². The van der Waals surface area contributed by atoms with Gasteiger partial charge in [-0.3, -0.25) is 4.79 Å². The lowest BCUT2D eigenvalue weighted by molar-refractivity contribution is -0.141.